The molecule has 0 aromatic heterocycles. The molecule has 21 heavy (non-hydrogen) atoms. The summed E-state index contributed by atoms with van der Waals surface area (Å²) in [4.78, 5) is 2.64. The van der Waals surface area contributed by atoms with Crippen LogP contribution in [0, 0.1) is 13.8 Å². The summed E-state index contributed by atoms with van der Waals surface area (Å²) in [5, 5.41) is 0. The number of rotatable bonds is 3. The van der Waals surface area contributed by atoms with Crippen molar-refractivity contribution in [3.05, 3.63) is 23.3 Å². The van der Waals surface area contributed by atoms with Gasteiger partial charge in [0.25, 0.3) is 0 Å². The highest BCUT2D eigenvalue weighted by molar-refractivity contribution is 7.89. The fourth-order valence-corrected chi connectivity index (χ4v) is 4.98. The summed E-state index contributed by atoms with van der Waals surface area (Å²) in [6.45, 7) is 7.58. The third-order valence-corrected chi connectivity index (χ3v) is 6.46. The monoisotopic (exact) mass is 311 g/mol. The van der Waals surface area contributed by atoms with Crippen molar-refractivity contribution in [3.8, 4) is 0 Å². The number of hydrogen-bond donors (Lipinski definition) is 1. The molecule has 1 fully saturated rings. The SMILES string of the molecule is CCC1CN(S(=O)(=O)c2c(C)cc(N)cc2C)CCN1C. The van der Waals surface area contributed by atoms with Gasteiger partial charge >= 0.3 is 0 Å². The molecule has 0 amide bonds. The second kappa shape index (κ2) is 5.94. The Morgan fingerprint density at radius 3 is 2.33 bits per heavy atom. The van der Waals surface area contributed by atoms with Gasteiger partial charge in [-0.3, -0.25) is 0 Å². The molecular weight excluding hydrogens is 286 g/mol. The molecule has 2 rings (SSSR count). The number of nitrogens with zero attached hydrogens (tertiary/aromatic N) is 2. The van der Waals surface area contributed by atoms with Crippen LogP contribution in [-0.4, -0.2) is 50.3 Å². The normalized spacial score (nSPS) is 21.6. The average Bonchev–Trinajstić information content (AvgIpc) is 2.37. The lowest BCUT2D eigenvalue weighted by atomic mass is 10.1. The van der Waals surface area contributed by atoms with E-state index in [1.165, 1.54) is 0 Å². The Bertz CT molecular complexity index is 605. The molecule has 0 spiro atoms. The highest BCUT2D eigenvalue weighted by Gasteiger charge is 2.33. The van der Waals surface area contributed by atoms with Gasteiger partial charge in [0.05, 0.1) is 4.90 Å². The highest BCUT2D eigenvalue weighted by atomic mass is 32.2. The summed E-state index contributed by atoms with van der Waals surface area (Å²) < 4.78 is 27.6. The molecule has 1 unspecified atom stereocenters. The number of piperazine rings is 1. The minimum Gasteiger partial charge on any atom is -0.399 e. The zero-order valence-corrected chi connectivity index (χ0v) is 14.1. The minimum absolute atomic E-state index is 0.280. The molecular formula is C15H25N3O2S. The van der Waals surface area contributed by atoms with E-state index < -0.39 is 10.0 Å². The molecule has 118 valence electrons. The van der Waals surface area contributed by atoms with Gasteiger partial charge in [-0.15, -0.1) is 0 Å². The van der Waals surface area contributed by atoms with E-state index in [1.807, 2.05) is 13.8 Å². The lowest BCUT2D eigenvalue weighted by molar-refractivity contribution is 0.144. The summed E-state index contributed by atoms with van der Waals surface area (Å²) in [6.07, 6.45) is 0.947. The van der Waals surface area contributed by atoms with E-state index in [0.717, 1.165) is 24.1 Å². The Morgan fingerprint density at radius 2 is 1.81 bits per heavy atom. The quantitative estimate of drug-likeness (QED) is 0.861. The van der Waals surface area contributed by atoms with Gasteiger partial charge in [0.1, 0.15) is 0 Å². The number of nitrogens with two attached hydrogens (primary N) is 1. The van der Waals surface area contributed by atoms with Gasteiger partial charge in [-0.05, 0) is 50.6 Å². The molecule has 1 saturated heterocycles. The standard InChI is InChI=1S/C15H25N3O2S/c1-5-14-10-18(7-6-17(14)4)21(19,20)15-11(2)8-13(16)9-12(15)3/h8-9,14H,5-7,10,16H2,1-4H3. The van der Waals surface area contributed by atoms with Crippen LogP contribution in [0.4, 0.5) is 5.69 Å². The van der Waals surface area contributed by atoms with Gasteiger partial charge < -0.3 is 10.6 Å². The molecule has 1 aliphatic rings. The molecule has 1 aliphatic heterocycles. The van der Waals surface area contributed by atoms with Gasteiger partial charge in [0.15, 0.2) is 0 Å². The number of anilines is 1. The van der Waals surface area contributed by atoms with E-state index in [0.29, 0.717) is 23.7 Å². The Morgan fingerprint density at radius 1 is 1.24 bits per heavy atom. The van der Waals surface area contributed by atoms with Gasteiger partial charge in [-0.25, -0.2) is 8.42 Å². The zero-order valence-electron chi connectivity index (χ0n) is 13.3. The van der Waals surface area contributed by atoms with Gasteiger partial charge in [0, 0.05) is 31.4 Å². The minimum atomic E-state index is -3.46. The molecule has 0 radical (unpaired) electrons. The summed E-state index contributed by atoms with van der Waals surface area (Å²) in [6, 6.07) is 3.74. The van der Waals surface area contributed by atoms with E-state index in [4.69, 9.17) is 5.73 Å². The van der Waals surface area contributed by atoms with E-state index in [9.17, 15) is 8.42 Å². The fraction of sp³-hybridized carbons (Fsp3) is 0.600. The maximum Gasteiger partial charge on any atom is 0.243 e. The first kappa shape index (κ1) is 16.3. The molecule has 1 heterocycles. The topological polar surface area (TPSA) is 66.6 Å². The third-order valence-electron chi connectivity index (χ3n) is 4.29. The maximum atomic E-state index is 13.0. The van der Waals surface area contributed by atoms with Crippen molar-refractivity contribution in [2.45, 2.75) is 38.1 Å². The van der Waals surface area contributed by atoms with Crippen LogP contribution < -0.4 is 5.73 Å². The lowest BCUT2D eigenvalue weighted by Crippen LogP contribution is -2.53. The number of nitrogen functional groups attached to an aromatic ring is 1. The van der Waals surface area contributed by atoms with Crippen molar-refractivity contribution in [3.63, 3.8) is 0 Å². The Hall–Kier alpha value is -1.11. The lowest BCUT2D eigenvalue weighted by Gasteiger charge is -2.38. The van der Waals surface area contributed by atoms with Crippen molar-refractivity contribution < 1.29 is 8.42 Å². The second-order valence-electron chi connectivity index (χ2n) is 5.89. The summed E-state index contributed by atoms with van der Waals surface area (Å²) in [5.41, 5.74) is 7.85. The Balaban J connectivity index is 2.39. The summed E-state index contributed by atoms with van der Waals surface area (Å²) in [5.74, 6) is 0. The Labute approximate surface area is 127 Å². The molecule has 1 aromatic rings. The van der Waals surface area contributed by atoms with E-state index in [1.54, 1.807) is 16.4 Å². The van der Waals surface area contributed by atoms with E-state index in [2.05, 4.69) is 18.9 Å². The summed E-state index contributed by atoms with van der Waals surface area (Å²) >= 11 is 0. The molecule has 0 saturated carbocycles. The van der Waals surface area contributed by atoms with Gasteiger partial charge in [-0.1, -0.05) is 6.92 Å². The predicted molar refractivity (Wildman–Crippen MR) is 85.8 cm³/mol. The van der Waals surface area contributed by atoms with E-state index >= 15 is 0 Å². The largest absolute Gasteiger partial charge is 0.399 e. The first-order valence-corrected chi connectivity index (χ1v) is 8.78. The van der Waals surface area contributed by atoms with Crippen LogP contribution >= 0.6 is 0 Å². The zero-order chi connectivity index (χ0) is 15.8. The molecule has 5 nitrogen and oxygen atoms in total. The predicted octanol–water partition coefficient (Wildman–Crippen LogP) is 1.60. The van der Waals surface area contributed by atoms with Crippen molar-refractivity contribution in [2.24, 2.45) is 0 Å². The molecule has 6 heteroatoms. The maximum absolute atomic E-state index is 13.0. The Kier molecular flexibility index (Phi) is 4.60. The fourth-order valence-electron chi connectivity index (χ4n) is 3.10. The van der Waals surface area contributed by atoms with Crippen LogP contribution in [0.1, 0.15) is 24.5 Å². The first-order chi connectivity index (χ1) is 9.77. The third kappa shape index (κ3) is 3.07. The highest BCUT2D eigenvalue weighted by Crippen LogP contribution is 2.27. The number of benzene rings is 1. The summed E-state index contributed by atoms with van der Waals surface area (Å²) in [7, 11) is -1.40. The molecule has 1 aromatic carbocycles. The van der Waals surface area contributed by atoms with Crippen molar-refractivity contribution >= 4 is 15.7 Å². The van der Waals surface area contributed by atoms with Gasteiger partial charge in [0.2, 0.25) is 10.0 Å². The van der Waals surface area contributed by atoms with Gasteiger partial charge in [-0.2, -0.15) is 4.31 Å². The number of hydrogen-bond acceptors (Lipinski definition) is 4. The smallest absolute Gasteiger partial charge is 0.243 e. The van der Waals surface area contributed by atoms with E-state index in [-0.39, 0.29) is 6.04 Å². The van der Waals surface area contributed by atoms with Crippen molar-refractivity contribution in [1.82, 2.24) is 9.21 Å². The number of sulfonamides is 1. The average molecular weight is 311 g/mol. The van der Waals surface area contributed by atoms with Crippen LogP contribution in [0.2, 0.25) is 0 Å². The molecule has 1 atom stereocenters. The first-order valence-electron chi connectivity index (χ1n) is 7.34. The molecule has 0 bridgehead atoms. The van der Waals surface area contributed by atoms with Crippen LogP contribution in [0.25, 0.3) is 0 Å². The molecule has 2 N–H and O–H groups in total. The second-order valence-corrected chi connectivity index (χ2v) is 7.76. The number of aryl methyl sites for hydroxylation is 2. The molecule has 0 aliphatic carbocycles. The van der Waals surface area contributed by atoms with Crippen molar-refractivity contribution in [2.75, 3.05) is 32.4 Å². The van der Waals surface area contributed by atoms with Crippen LogP contribution in [0.3, 0.4) is 0 Å². The van der Waals surface area contributed by atoms with Crippen LogP contribution in [0.15, 0.2) is 17.0 Å². The van der Waals surface area contributed by atoms with Crippen molar-refractivity contribution in [1.29, 1.82) is 0 Å². The van der Waals surface area contributed by atoms with Crippen LogP contribution in [-0.2, 0) is 10.0 Å². The van der Waals surface area contributed by atoms with Crippen LogP contribution in [0.5, 0.6) is 0 Å². The number of likely N-dealkylation sites (N-methyl/N-ethyl adjacent to an activating group) is 1.